The summed E-state index contributed by atoms with van der Waals surface area (Å²) < 4.78 is 5.02. The van der Waals surface area contributed by atoms with E-state index in [9.17, 15) is 0 Å². The Labute approximate surface area is 115 Å². The molecule has 0 fully saturated rings. The van der Waals surface area contributed by atoms with E-state index in [0.717, 1.165) is 18.1 Å². The van der Waals surface area contributed by atoms with E-state index in [-0.39, 0.29) is 0 Å². The van der Waals surface area contributed by atoms with Crippen molar-refractivity contribution in [2.75, 3.05) is 20.7 Å². The third-order valence-corrected chi connectivity index (χ3v) is 2.76. The Bertz CT molecular complexity index is 376. The number of hydrogen-bond acceptors (Lipinski definition) is 3. The van der Waals surface area contributed by atoms with Crippen LogP contribution in [0.5, 0.6) is 5.88 Å². The number of nitrogens with zero attached hydrogens (tertiary/aromatic N) is 2. The van der Waals surface area contributed by atoms with Crippen molar-refractivity contribution in [3.05, 3.63) is 23.9 Å². The molecule has 0 atom stereocenters. The summed E-state index contributed by atoms with van der Waals surface area (Å²) in [4.78, 5) is 8.35. The van der Waals surface area contributed by atoms with E-state index in [0.29, 0.717) is 12.4 Å². The smallest absolute Gasteiger partial charge is 0.212 e. The first-order valence-electron chi connectivity index (χ1n) is 6.73. The van der Waals surface area contributed by atoms with Crippen LogP contribution < -0.4 is 15.4 Å². The summed E-state index contributed by atoms with van der Waals surface area (Å²) in [6, 6.07) is 3.84. The predicted octanol–water partition coefficient (Wildman–Crippen LogP) is 1.95. The third kappa shape index (κ3) is 6.08. The maximum absolute atomic E-state index is 5.02. The van der Waals surface area contributed by atoms with Gasteiger partial charge in [0.2, 0.25) is 5.88 Å². The topological polar surface area (TPSA) is 58.5 Å². The van der Waals surface area contributed by atoms with Crippen molar-refractivity contribution in [3.63, 3.8) is 0 Å². The number of unbranched alkanes of at least 4 members (excludes halogenated alkanes) is 2. The van der Waals surface area contributed by atoms with E-state index in [2.05, 4.69) is 27.5 Å². The molecule has 0 aliphatic carbocycles. The molecule has 0 unspecified atom stereocenters. The number of aromatic nitrogens is 1. The van der Waals surface area contributed by atoms with Crippen LogP contribution in [0.4, 0.5) is 0 Å². The maximum atomic E-state index is 5.02. The monoisotopic (exact) mass is 264 g/mol. The summed E-state index contributed by atoms with van der Waals surface area (Å²) >= 11 is 0. The van der Waals surface area contributed by atoms with Gasteiger partial charge in [-0.3, -0.25) is 4.99 Å². The van der Waals surface area contributed by atoms with Gasteiger partial charge in [0.1, 0.15) is 0 Å². The van der Waals surface area contributed by atoms with Crippen LogP contribution in [-0.2, 0) is 6.54 Å². The number of nitrogens with one attached hydrogen (secondary N) is 2. The van der Waals surface area contributed by atoms with Crippen molar-refractivity contribution < 1.29 is 4.74 Å². The molecule has 0 amide bonds. The lowest BCUT2D eigenvalue weighted by Gasteiger charge is -2.11. The Kier molecular flexibility index (Phi) is 7.39. The van der Waals surface area contributed by atoms with Crippen LogP contribution in [0.15, 0.2) is 23.3 Å². The van der Waals surface area contributed by atoms with Crippen molar-refractivity contribution in [1.29, 1.82) is 0 Å². The highest BCUT2D eigenvalue weighted by atomic mass is 16.5. The minimum Gasteiger partial charge on any atom is -0.481 e. The maximum Gasteiger partial charge on any atom is 0.212 e. The van der Waals surface area contributed by atoms with Crippen molar-refractivity contribution in [2.24, 2.45) is 4.99 Å². The number of ether oxygens (including phenoxy) is 1. The fourth-order valence-corrected chi connectivity index (χ4v) is 1.62. The normalized spacial score (nSPS) is 11.2. The third-order valence-electron chi connectivity index (χ3n) is 2.76. The molecule has 1 aromatic heterocycles. The number of hydrogen-bond donors (Lipinski definition) is 2. The van der Waals surface area contributed by atoms with Crippen molar-refractivity contribution in [2.45, 2.75) is 32.7 Å². The molecule has 1 heterocycles. The highest BCUT2D eigenvalue weighted by Crippen LogP contribution is 2.05. The highest BCUT2D eigenvalue weighted by Gasteiger charge is 1.99. The zero-order valence-corrected chi connectivity index (χ0v) is 12.1. The molecule has 5 heteroatoms. The van der Waals surface area contributed by atoms with Gasteiger partial charge >= 0.3 is 0 Å². The molecule has 0 bridgehead atoms. The molecule has 19 heavy (non-hydrogen) atoms. The van der Waals surface area contributed by atoms with Crippen LogP contribution in [0.25, 0.3) is 0 Å². The molecule has 0 spiro atoms. The number of guanidine groups is 1. The first kappa shape index (κ1) is 15.3. The number of rotatable bonds is 7. The molecule has 106 valence electrons. The van der Waals surface area contributed by atoms with Crippen LogP contribution in [0.2, 0.25) is 0 Å². The van der Waals surface area contributed by atoms with Crippen LogP contribution in [0.1, 0.15) is 31.7 Å². The van der Waals surface area contributed by atoms with Gasteiger partial charge in [0, 0.05) is 32.4 Å². The van der Waals surface area contributed by atoms with Crippen LogP contribution >= 0.6 is 0 Å². The van der Waals surface area contributed by atoms with E-state index in [1.54, 1.807) is 20.4 Å². The molecule has 0 saturated heterocycles. The van der Waals surface area contributed by atoms with Gasteiger partial charge in [-0.2, -0.15) is 0 Å². The molecule has 5 nitrogen and oxygen atoms in total. The molecule has 1 rings (SSSR count). The zero-order valence-electron chi connectivity index (χ0n) is 12.1. The Morgan fingerprint density at radius 3 is 2.74 bits per heavy atom. The van der Waals surface area contributed by atoms with Gasteiger partial charge in [-0.05, 0) is 12.0 Å². The number of pyridine rings is 1. The second-order valence-corrected chi connectivity index (χ2v) is 4.27. The highest BCUT2D eigenvalue weighted by molar-refractivity contribution is 5.79. The quantitative estimate of drug-likeness (QED) is 0.449. The van der Waals surface area contributed by atoms with E-state index >= 15 is 0 Å². The molecular formula is C14H24N4O. The molecule has 2 N–H and O–H groups in total. The summed E-state index contributed by atoms with van der Waals surface area (Å²) in [5, 5.41) is 6.55. The fraction of sp³-hybridized carbons (Fsp3) is 0.571. The van der Waals surface area contributed by atoms with Gasteiger partial charge in [-0.25, -0.2) is 4.98 Å². The molecule has 0 aromatic carbocycles. The van der Waals surface area contributed by atoms with Gasteiger partial charge in [-0.1, -0.05) is 25.8 Å². The summed E-state index contributed by atoms with van der Waals surface area (Å²) in [6.07, 6.45) is 5.44. The summed E-state index contributed by atoms with van der Waals surface area (Å²) in [6.45, 7) is 3.85. The molecule has 1 aromatic rings. The van der Waals surface area contributed by atoms with E-state index in [1.165, 1.54) is 19.3 Å². The van der Waals surface area contributed by atoms with E-state index in [4.69, 9.17) is 4.74 Å². The Morgan fingerprint density at radius 2 is 2.16 bits per heavy atom. The Morgan fingerprint density at radius 1 is 1.32 bits per heavy atom. The fourth-order valence-electron chi connectivity index (χ4n) is 1.62. The first-order valence-corrected chi connectivity index (χ1v) is 6.73. The van der Waals surface area contributed by atoms with Gasteiger partial charge in [0.05, 0.1) is 7.11 Å². The average Bonchev–Trinajstić information content (AvgIpc) is 2.47. The molecular weight excluding hydrogens is 240 g/mol. The van der Waals surface area contributed by atoms with E-state index < -0.39 is 0 Å². The summed E-state index contributed by atoms with van der Waals surface area (Å²) in [5.74, 6) is 1.46. The number of methoxy groups -OCH3 is 1. The molecule has 0 aliphatic heterocycles. The lowest BCUT2D eigenvalue weighted by molar-refractivity contribution is 0.397. The Balaban J connectivity index is 2.32. The second kappa shape index (κ2) is 9.19. The average molecular weight is 264 g/mol. The van der Waals surface area contributed by atoms with E-state index in [1.807, 2.05) is 12.1 Å². The molecule has 0 saturated carbocycles. The number of aliphatic imine (C=N–C) groups is 1. The van der Waals surface area contributed by atoms with Crippen LogP contribution in [0.3, 0.4) is 0 Å². The van der Waals surface area contributed by atoms with Crippen molar-refractivity contribution in [3.8, 4) is 5.88 Å². The first-order chi connectivity index (χ1) is 9.30. The van der Waals surface area contributed by atoms with Crippen molar-refractivity contribution >= 4 is 5.96 Å². The standard InChI is InChI=1S/C14H24N4O/c1-4-5-6-9-16-14(15-2)18-11-12-7-8-13(19-3)17-10-12/h7-8,10H,4-6,9,11H2,1-3H3,(H2,15,16,18). The minimum absolute atomic E-state index is 0.630. The van der Waals surface area contributed by atoms with Crippen molar-refractivity contribution in [1.82, 2.24) is 15.6 Å². The summed E-state index contributed by atoms with van der Waals surface area (Å²) in [5.41, 5.74) is 1.09. The Hall–Kier alpha value is -1.78. The predicted molar refractivity (Wildman–Crippen MR) is 78.5 cm³/mol. The lowest BCUT2D eigenvalue weighted by atomic mass is 10.2. The molecule has 0 aliphatic rings. The van der Waals surface area contributed by atoms with Gasteiger partial charge in [0.15, 0.2) is 5.96 Å². The zero-order chi connectivity index (χ0) is 13.9. The van der Waals surface area contributed by atoms with Gasteiger partial charge in [0.25, 0.3) is 0 Å². The van der Waals surface area contributed by atoms with Gasteiger partial charge in [-0.15, -0.1) is 0 Å². The van der Waals surface area contributed by atoms with Crippen LogP contribution in [0, 0.1) is 0 Å². The lowest BCUT2D eigenvalue weighted by Crippen LogP contribution is -2.37. The van der Waals surface area contributed by atoms with Crippen LogP contribution in [-0.4, -0.2) is 31.6 Å². The SMILES string of the molecule is CCCCCNC(=NC)NCc1ccc(OC)nc1. The van der Waals surface area contributed by atoms with Gasteiger partial charge < -0.3 is 15.4 Å². The second-order valence-electron chi connectivity index (χ2n) is 4.27. The molecule has 0 radical (unpaired) electrons. The summed E-state index contributed by atoms with van der Waals surface area (Å²) in [7, 11) is 3.39. The minimum atomic E-state index is 0.630. The largest absolute Gasteiger partial charge is 0.481 e.